The van der Waals surface area contributed by atoms with Crippen molar-refractivity contribution in [1.82, 2.24) is 16.0 Å². The van der Waals surface area contributed by atoms with E-state index in [9.17, 15) is 24.0 Å². The van der Waals surface area contributed by atoms with Gasteiger partial charge in [-0.3, -0.25) is 4.79 Å². The van der Waals surface area contributed by atoms with E-state index in [2.05, 4.69) is 46.8 Å². The molecule has 3 rings (SSSR count). The fraction of sp³-hybridized carbons (Fsp3) is 0.486. The van der Waals surface area contributed by atoms with Crippen molar-refractivity contribution in [1.29, 1.82) is 0 Å². The fourth-order valence-corrected chi connectivity index (χ4v) is 4.98. The number of hydrogen-bond acceptors (Lipinski definition) is 9. The van der Waals surface area contributed by atoms with E-state index < -0.39 is 35.8 Å². The molecule has 1 atom stereocenters. The standard InChI is InChI=1S/C21H23NO6.C16H28N2O5/c23-20(24)14-27-12-11-26-10-9-22-21(25)28-13-19-17-7-3-1-5-15(17)16-6-2-4-8-18(16)19;1-5-6-10-13(19)17-11-8-7-9-12(14(20)21)18-15(22)23-16(2,3)4/h1-8,19H,9-14H2,(H,22,25)(H,23,24);5,12H,1,6-11H2,2-4H3,(H,17,19)(H,18,22)(H,20,21). The average Bonchev–Trinajstić information content (AvgIpc) is 3.39. The maximum Gasteiger partial charge on any atom is 0.408 e. The molecule has 3 amide bonds. The van der Waals surface area contributed by atoms with Crippen molar-refractivity contribution in [2.45, 2.75) is 70.4 Å². The van der Waals surface area contributed by atoms with Crippen molar-refractivity contribution in [3.63, 3.8) is 0 Å². The number of fused-ring (bicyclic) bond motifs is 3. The molecule has 0 bridgehead atoms. The van der Waals surface area contributed by atoms with Crippen LogP contribution < -0.4 is 16.0 Å². The van der Waals surface area contributed by atoms with Gasteiger partial charge in [0, 0.05) is 25.4 Å². The molecule has 5 N–H and O–H groups in total. The van der Waals surface area contributed by atoms with Gasteiger partial charge in [0.25, 0.3) is 0 Å². The number of hydrogen-bond donors (Lipinski definition) is 5. The number of carbonyl (C=O) groups is 5. The van der Waals surface area contributed by atoms with E-state index in [1.807, 2.05) is 24.3 Å². The summed E-state index contributed by atoms with van der Waals surface area (Å²) >= 11 is 0. The zero-order valence-corrected chi connectivity index (χ0v) is 29.6. The van der Waals surface area contributed by atoms with Crippen molar-refractivity contribution in [2.75, 3.05) is 46.1 Å². The number of ether oxygens (including phenoxy) is 4. The Morgan fingerprint density at radius 1 is 0.843 bits per heavy atom. The van der Waals surface area contributed by atoms with Crippen LogP contribution in [0.3, 0.4) is 0 Å². The van der Waals surface area contributed by atoms with Gasteiger partial charge in [-0.25, -0.2) is 19.2 Å². The third kappa shape index (κ3) is 17.0. The summed E-state index contributed by atoms with van der Waals surface area (Å²) in [4.78, 5) is 56.3. The SMILES string of the molecule is C=CCCC(=O)NCCCCC(NC(=O)OC(C)(C)C)C(=O)O.O=C(O)COCCOCCNC(=O)OCC1c2ccccc2-c2ccccc21. The third-order valence-corrected chi connectivity index (χ3v) is 7.26. The molecule has 0 saturated carbocycles. The largest absolute Gasteiger partial charge is 0.480 e. The van der Waals surface area contributed by atoms with Gasteiger partial charge in [0.2, 0.25) is 5.91 Å². The maximum absolute atomic E-state index is 12.0. The summed E-state index contributed by atoms with van der Waals surface area (Å²) in [7, 11) is 0. The van der Waals surface area contributed by atoms with E-state index in [0.29, 0.717) is 45.4 Å². The van der Waals surface area contributed by atoms with Crippen LogP contribution in [0.1, 0.15) is 69.9 Å². The number of aliphatic carboxylic acids is 2. The topological polar surface area (TPSA) is 199 Å². The quantitative estimate of drug-likeness (QED) is 0.0928. The number of carbonyl (C=O) groups excluding carboxylic acids is 3. The molecule has 0 radical (unpaired) electrons. The van der Waals surface area contributed by atoms with E-state index >= 15 is 0 Å². The normalized spacial score (nSPS) is 12.2. The Morgan fingerprint density at radius 2 is 1.47 bits per heavy atom. The predicted octanol–water partition coefficient (Wildman–Crippen LogP) is 4.86. The summed E-state index contributed by atoms with van der Waals surface area (Å²) in [5, 5.41) is 25.3. The smallest absolute Gasteiger partial charge is 0.408 e. The molecule has 0 saturated heterocycles. The fourth-order valence-electron chi connectivity index (χ4n) is 4.98. The Morgan fingerprint density at radius 3 is 2.06 bits per heavy atom. The van der Waals surface area contributed by atoms with Gasteiger partial charge in [0.1, 0.15) is 24.9 Å². The Labute approximate surface area is 298 Å². The maximum atomic E-state index is 12.0. The molecule has 0 heterocycles. The highest BCUT2D eigenvalue weighted by molar-refractivity contribution is 5.80. The van der Waals surface area contributed by atoms with E-state index in [1.165, 1.54) is 22.3 Å². The molecule has 280 valence electrons. The lowest BCUT2D eigenvalue weighted by molar-refractivity contribution is -0.143. The van der Waals surface area contributed by atoms with Gasteiger partial charge in [-0.15, -0.1) is 6.58 Å². The first-order chi connectivity index (χ1) is 24.3. The summed E-state index contributed by atoms with van der Waals surface area (Å²) in [6, 6.07) is 15.3. The van der Waals surface area contributed by atoms with E-state index in [1.54, 1.807) is 26.8 Å². The number of amides is 3. The van der Waals surface area contributed by atoms with E-state index in [0.717, 1.165) is 0 Å². The lowest BCUT2D eigenvalue weighted by atomic mass is 9.98. The Hall–Kier alpha value is -4.95. The van der Waals surface area contributed by atoms with Gasteiger partial charge in [-0.05, 0) is 68.7 Å². The number of carboxylic acid groups (broad SMARTS) is 2. The second-order valence-corrected chi connectivity index (χ2v) is 12.5. The van der Waals surface area contributed by atoms with Crippen molar-refractivity contribution < 1.29 is 53.1 Å². The first kappa shape index (κ1) is 42.2. The average molecular weight is 714 g/mol. The highest BCUT2D eigenvalue weighted by Gasteiger charge is 2.29. The summed E-state index contributed by atoms with van der Waals surface area (Å²) in [6.45, 7) is 10.1. The molecule has 1 unspecified atom stereocenters. The van der Waals surface area contributed by atoms with Crippen LogP contribution in [0.5, 0.6) is 0 Å². The molecule has 14 heteroatoms. The molecule has 0 spiro atoms. The van der Waals surface area contributed by atoms with Gasteiger partial charge in [0.05, 0.1) is 19.8 Å². The van der Waals surface area contributed by atoms with Crippen molar-refractivity contribution in [3.8, 4) is 11.1 Å². The first-order valence-electron chi connectivity index (χ1n) is 16.9. The number of alkyl carbamates (subject to hydrolysis) is 2. The lowest BCUT2D eigenvalue weighted by Crippen LogP contribution is -2.43. The molecule has 2 aromatic carbocycles. The van der Waals surface area contributed by atoms with Crippen LogP contribution in [-0.2, 0) is 33.3 Å². The minimum absolute atomic E-state index is 0.0285. The van der Waals surface area contributed by atoms with Crippen LogP contribution in [-0.4, -0.2) is 98.0 Å². The number of allylic oxidation sites excluding steroid dienone is 1. The Kier molecular flexibility index (Phi) is 18.8. The first-order valence-corrected chi connectivity index (χ1v) is 16.9. The third-order valence-electron chi connectivity index (χ3n) is 7.26. The highest BCUT2D eigenvalue weighted by Crippen LogP contribution is 2.44. The second kappa shape index (κ2) is 22.7. The second-order valence-electron chi connectivity index (χ2n) is 12.5. The highest BCUT2D eigenvalue weighted by atomic mass is 16.6. The van der Waals surface area contributed by atoms with Crippen LogP contribution in [0.2, 0.25) is 0 Å². The summed E-state index contributed by atoms with van der Waals surface area (Å²) in [5.74, 6) is -2.14. The number of benzene rings is 2. The molecular weight excluding hydrogens is 662 g/mol. The summed E-state index contributed by atoms with van der Waals surface area (Å²) < 4.78 is 20.5. The van der Waals surface area contributed by atoms with Gasteiger partial charge >= 0.3 is 24.1 Å². The van der Waals surface area contributed by atoms with E-state index in [4.69, 9.17) is 29.2 Å². The molecule has 2 aromatic rings. The van der Waals surface area contributed by atoms with Gasteiger partial charge in [-0.2, -0.15) is 0 Å². The monoisotopic (exact) mass is 713 g/mol. The van der Waals surface area contributed by atoms with Crippen LogP contribution >= 0.6 is 0 Å². The zero-order chi connectivity index (χ0) is 37.6. The van der Waals surface area contributed by atoms with Crippen molar-refractivity contribution in [2.24, 2.45) is 0 Å². The molecule has 1 aliphatic rings. The number of nitrogens with one attached hydrogen (secondary N) is 3. The summed E-state index contributed by atoms with van der Waals surface area (Å²) in [5.41, 5.74) is 4.03. The van der Waals surface area contributed by atoms with Crippen LogP contribution in [0.4, 0.5) is 9.59 Å². The Balaban J connectivity index is 0.000000362. The summed E-state index contributed by atoms with van der Waals surface area (Å²) in [6.07, 6.45) is 2.95. The van der Waals surface area contributed by atoms with Gasteiger partial charge < -0.3 is 45.1 Å². The van der Waals surface area contributed by atoms with Crippen LogP contribution in [0.15, 0.2) is 61.2 Å². The van der Waals surface area contributed by atoms with E-state index in [-0.39, 0.29) is 44.7 Å². The molecule has 1 aliphatic carbocycles. The zero-order valence-electron chi connectivity index (χ0n) is 29.6. The number of carboxylic acids is 2. The molecule has 51 heavy (non-hydrogen) atoms. The lowest BCUT2D eigenvalue weighted by Gasteiger charge is -2.22. The molecular formula is C37H51N3O11. The van der Waals surface area contributed by atoms with Crippen LogP contribution in [0, 0.1) is 0 Å². The predicted molar refractivity (Wildman–Crippen MR) is 189 cm³/mol. The Bertz CT molecular complexity index is 1400. The van der Waals surface area contributed by atoms with Gasteiger partial charge in [0.15, 0.2) is 0 Å². The minimum atomic E-state index is -1.11. The number of rotatable bonds is 20. The number of unbranched alkanes of at least 4 members (excludes halogenated alkanes) is 1. The van der Waals surface area contributed by atoms with Gasteiger partial charge in [-0.1, -0.05) is 54.6 Å². The van der Waals surface area contributed by atoms with Crippen molar-refractivity contribution >= 4 is 30.0 Å². The van der Waals surface area contributed by atoms with Crippen LogP contribution in [0.25, 0.3) is 11.1 Å². The molecule has 0 aliphatic heterocycles. The van der Waals surface area contributed by atoms with Crippen molar-refractivity contribution in [3.05, 3.63) is 72.3 Å². The molecule has 14 nitrogen and oxygen atoms in total. The molecule has 0 fully saturated rings. The molecule has 0 aromatic heterocycles. The minimum Gasteiger partial charge on any atom is -0.480 e.